The number of carbonyl (C=O) groups is 2. The van der Waals surface area contributed by atoms with E-state index in [1.165, 1.54) is 23.3 Å². The van der Waals surface area contributed by atoms with E-state index in [9.17, 15) is 14.7 Å². The number of benzene rings is 3. The van der Waals surface area contributed by atoms with Crippen molar-refractivity contribution in [3.05, 3.63) is 82.4 Å². The van der Waals surface area contributed by atoms with Crippen LogP contribution in [-0.4, -0.2) is 42.1 Å². The lowest BCUT2D eigenvalue weighted by atomic mass is 9.95. The summed E-state index contributed by atoms with van der Waals surface area (Å²) < 4.78 is 17.9. The van der Waals surface area contributed by atoms with E-state index in [4.69, 9.17) is 25.8 Å². The van der Waals surface area contributed by atoms with Crippen molar-refractivity contribution >= 4 is 55.7 Å². The van der Waals surface area contributed by atoms with Crippen LogP contribution in [0.1, 0.15) is 44.4 Å². The Hall–Kier alpha value is -4.08. The van der Waals surface area contributed by atoms with Crippen molar-refractivity contribution < 1.29 is 28.9 Å². The SMILES string of the molecule is CCOc1ccc(C(O)=C2C(=O)C(=O)N(c3nc4ccc(Cl)cc4s3)C2c2ccc(OCCC(C)C)c(OC)c2)cc1. The van der Waals surface area contributed by atoms with E-state index >= 15 is 0 Å². The number of fused-ring (bicyclic) bond motifs is 1. The number of ketones is 1. The average molecular weight is 607 g/mol. The van der Waals surface area contributed by atoms with Gasteiger partial charge in [0, 0.05) is 10.6 Å². The number of Topliss-reactive ketones (excluding diaryl/α,β-unsaturated/α-hetero) is 1. The Morgan fingerprint density at radius 1 is 1.05 bits per heavy atom. The number of ether oxygens (including phenoxy) is 3. The largest absolute Gasteiger partial charge is 0.507 e. The van der Waals surface area contributed by atoms with Crippen LogP contribution in [0.2, 0.25) is 5.02 Å². The zero-order valence-electron chi connectivity index (χ0n) is 23.7. The molecular weight excluding hydrogens is 576 g/mol. The van der Waals surface area contributed by atoms with Gasteiger partial charge in [-0.15, -0.1) is 0 Å². The zero-order valence-corrected chi connectivity index (χ0v) is 25.3. The number of aromatic nitrogens is 1. The molecule has 1 fully saturated rings. The molecule has 3 aromatic carbocycles. The molecule has 1 aromatic heterocycles. The molecule has 10 heteroatoms. The van der Waals surface area contributed by atoms with Crippen molar-refractivity contribution in [2.75, 3.05) is 25.2 Å². The van der Waals surface area contributed by atoms with Gasteiger partial charge in [0.15, 0.2) is 16.6 Å². The van der Waals surface area contributed by atoms with Gasteiger partial charge in [0.1, 0.15) is 11.5 Å². The summed E-state index contributed by atoms with van der Waals surface area (Å²) in [6.45, 7) is 7.11. The summed E-state index contributed by atoms with van der Waals surface area (Å²) in [4.78, 5) is 33.2. The molecule has 2 heterocycles. The second kappa shape index (κ2) is 12.4. The number of aliphatic hydroxyl groups excluding tert-OH is 1. The molecular formula is C32H31ClN2O6S. The van der Waals surface area contributed by atoms with Crippen molar-refractivity contribution in [1.82, 2.24) is 4.98 Å². The molecule has 0 spiro atoms. The number of hydrogen-bond acceptors (Lipinski definition) is 8. The summed E-state index contributed by atoms with van der Waals surface area (Å²) in [5.74, 6) is 0.162. The van der Waals surface area contributed by atoms with Gasteiger partial charge >= 0.3 is 5.91 Å². The van der Waals surface area contributed by atoms with Crippen LogP contribution in [0.25, 0.3) is 16.0 Å². The van der Waals surface area contributed by atoms with Gasteiger partial charge in [-0.25, -0.2) is 4.98 Å². The first-order valence-corrected chi connectivity index (χ1v) is 14.8. The van der Waals surface area contributed by atoms with Crippen molar-refractivity contribution in [3.63, 3.8) is 0 Å². The molecule has 4 aromatic rings. The van der Waals surface area contributed by atoms with Crippen molar-refractivity contribution in [3.8, 4) is 17.2 Å². The Bertz CT molecular complexity index is 1660. The standard InChI is InChI=1S/C32H31ClN2O6S/c1-5-40-22-10-6-19(7-11-22)29(36)27-28(20-8-13-24(25(16-20)39-4)41-15-14-18(2)3)35(31(38)30(27)37)32-34-23-12-9-21(33)17-26(23)42-32/h6-13,16-18,28,36H,5,14-15H2,1-4H3. The second-order valence-electron chi connectivity index (χ2n) is 10.2. The predicted molar refractivity (Wildman–Crippen MR) is 165 cm³/mol. The summed E-state index contributed by atoms with van der Waals surface area (Å²) >= 11 is 7.44. The molecule has 1 saturated heterocycles. The van der Waals surface area contributed by atoms with Crippen molar-refractivity contribution in [2.24, 2.45) is 5.92 Å². The average Bonchev–Trinajstić information content (AvgIpc) is 3.50. The number of halogens is 1. The summed E-state index contributed by atoms with van der Waals surface area (Å²) in [6.07, 6.45) is 0.870. The van der Waals surface area contributed by atoms with Crippen LogP contribution in [0.3, 0.4) is 0 Å². The van der Waals surface area contributed by atoms with E-state index in [-0.39, 0.29) is 11.3 Å². The maximum atomic E-state index is 13.6. The van der Waals surface area contributed by atoms with Crippen molar-refractivity contribution in [1.29, 1.82) is 0 Å². The van der Waals surface area contributed by atoms with Crippen LogP contribution in [-0.2, 0) is 9.59 Å². The molecule has 1 N–H and O–H groups in total. The number of methoxy groups -OCH3 is 1. The molecule has 1 unspecified atom stereocenters. The third kappa shape index (κ3) is 5.80. The minimum atomic E-state index is -0.980. The van der Waals surface area contributed by atoms with Gasteiger partial charge < -0.3 is 19.3 Å². The van der Waals surface area contributed by atoms with Gasteiger partial charge in [-0.05, 0) is 79.4 Å². The van der Waals surface area contributed by atoms with Gasteiger partial charge in [-0.2, -0.15) is 0 Å². The highest BCUT2D eigenvalue weighted by Gasteiger charge is 2.48. The lowest BCUT2D eigenvalue weighted by Gasteiger charge is -2.24. The van der Waals surface area contributed by atoms with Crippen LogP contribution >= 0.6 is 22.9 Å². The van der Waals surface area contributed by atoms with Crippen LogP contribution in [0.4, 0.5) is 5.13 Å². The minimum absolute atomic E-state index is 0.0584. The highest BCUT2D eigenvalue weighted by atomic mass is 35.5. The minimum Gasteiger partial charge on any atom is -0.507 e. The number of carbonyl (C=O) groups excluding carboxylic acids is 2. The fourth-order valence-electron chi connectivity index (χ4n) is 4.74. The van der Waals surface area contributed by atoms with E-state index in [1.54, 1.807) is 60.7 Å². The molecule has 5 rings (SSSR count). The lowest BCUT2D eigenvalue weighted by Crippen LogP contribution is -2.29. The predicted octanol–water partition coefficient (Wildman–Crippen LogP) is 7.41. The highest BCUT2D eigenvalue weighted by molar-refractivity contribution is 7.22. The second-order valence-corrected chi connectivity index (χ2v) is 11.6. The first kappa shape index (κ1) is 29.4. The molecule has 1 amide bonds. The van der Waals surface area contributed by atoms with Crippen LogP contribution in [0, 0.1) is 5.92 Å². The number of aliphatic hydroxyl groups is 1. The molecule has 0 aliphatic carbocycles. The quantitative estimate of drug-likeness (QED) is 0.114. The molecule has 1 aliphatic rings. The fraction of sp³-hybridized carbons (Fsp3) is 0.281. The molecule has 0 radical (unpaired) electrons. The number of thiazole rings is 1. The Balaban J connectivity index is 1.64. The van der Waals surface area contributed by atoms with Crippen molar-refractivity contribution in [2.45, 2.75) is 33.2 Å². The number of hydrogen-bond donors (Lipinski definition) is 1. The van der Waals surface area contributed by atoms with E-state index < -0.39 is 17.7 Å². The summed E-state index contributed by atoms with van der Waals surface area (Å²) in [7, 11) is 1.53. The third-order valence-corrected chi connectivity index (χ3v) is 8.14. The summed E-state index contributed by atoms with van der Waals surface area (Å²) in [5.41, 5.74) is 1.50. The lowest BCUT2D eigenvalue weighted by molar-refractivity contribution is -0.132. The van der Waals surface area contributed by atoms with Gasteiger partial charge in [0.25, 0.3) is 5.78 Å². The molecule has 0 bridgehead atoms. The number of rotatable bonds is 10. The van der Waals surface area contributed by atoms with Gasteiger partial charge in [0.2, 0.25) is 0 Å². The third-order valence-electron chi connectivity index (χ3n) is 6.88. The van der Waals surface area contributed by atoms with E-state index in [1.807, 2.05) is 6.92 Å². The van der Waals surface area contributed by atoms with E-state index in [0.29, 0.717) is 63.2 Å². The van der Waals surface area contributed by atoms with Gasteiger partial charge in [0.05, 0.1) is 42.2 Å². The molecule has 1 aliphatic heterocycles. The maximum absolute atomic E-state index is 13.6. The molecule has 0 saturated carbocycles. The molecule has 1 atom stereocenters. The Labute approximate surface area is 253 Å². The monoisotopic (exact) mass is 606 g/mol. The Morgan fingerprint density at radius 3 is 2.50 bits per heavy atom. The topological polar surface area (TPSA) is 98.2 Å². The summed E-state index contributed by atoms with van der Waals surface area (Å²) in [6, 6.07) is 16.2. The fourth-order valence-corrected chi connectivity index (χ4v) is 6.01. The maximum Gasteiger partial charge on any atom is 0.301 e. The molecule has 42 heavy (non-hydrogen) atoms. The molecule has 218 valence electrons. The summed E-state index contributed by atoms with van der Waals surface area (Å²) in [5, 5.41) is 12.3. The number of nitrogens with zero attached hydrogens (tertiary/aromatic N) is 2. The smallest absolute Gasteiger partial charge is 0.301 e. The zero-order chi connectivity index (χ0) is 30.0. The Morgan fingerprint density at radius 2 is 1.81 bits per heavy atom. The van der Waals surface area contributed by atoms with E-state index in [0.717, 1.165) is 11.1 Å². The van der Waals surface area contributed by atoms with Gasteiger partial charge in [-0.3, -0.25) is 14.5 Å². The number of anilines is 1. The number of amides is 1. The van der Waals surface area contributed by atoms with Crippen LogP contribution in [0.15, 0.2) is 66.2 Å². The first-order chi connectivity index (χ1) is 20.2. The first-order valence-electron chi connectivity index (χ1n) is 13.6. The van der Waals surface area contributed by atoms with E-state index in [2.05, 4.69) is 18.8 Å². The van der Waals surface area contributed by atoms with Gasteiger partial charge in [-0.1, -0.05) is 42.9 Å². The highest BCUT2D eigenvalue weighted by Crippen LogP contribution is 2.46. The van der Waals surface area contributed by atoms with Crippen LogP contribution in [0.5, 0.6) is 17.2 Å². The van der Waals surface area contributed by atoms with Crippen LogP contribution < -0.4 is 19.1 Å². The molecule has 8 nitrogen and oxygen atoms in total. The normalized spacial score (nSPS) is 16.4. The Kier molecular flexibility index (Phi) is 8.70.